The molecule has 2 N–H and O–H groups in total. The van der Waals surface area contributed by atoms with Crippen LogP contribution in [0.1, 0.15) is 42.9 Å². The largest absolute Gasteiger partial charge is 0.508 e. The predicted octanol–water partition coefficient (Wildman–Crippen LogP) is 3.77. The molecule has 0 bridgehead atoms. The summed E-state index contributed by atoms with van der Waals surface area (Å²) in [6.45, 7) is 0. The van der Waals surface area contributed by atoms with Gasteiger partial charge in [-0.1, -0.05) is 31.0 Å². The van der Waals surface area contributed by atoms with E-state index in [0.29, 0.717) is 17.1 Å². The number of phenols is 1. The normalized spacial score (nSPS) is 21.0. The molecule has 162 valence electrons. The van der Waals surface area contributed by atoms with Crippen molar-refractivity contribution in [3.63, 3.8) is 0 Å². The average molecular weight is 423 g/mol. The van der Waals surface area contributed by atoms with Crippen molar-refractivity contribution in [2.75, 3.05) is 14.2 Å². The summed E-state index contributed by atoms with van der Waals surface area (Å²) in [4.78, 5) is 27.9. The fourth-order valence-corrected chi connectivity index (χ4v) is 4.65. The number of carbonyl (C=O) groups is 2. The molecule has 0 aromatic heterocycles. The summed E-state index contributed by atoms with van der Waals surface area (Å²) >= 11 is 0. The number of methoxy groups -OCH3 is 2. The first-order valence-corrected chi connectivity index (χ1v) is 10.3. The Labute approximate surface area is 180 Å². The van der Waals surface area contributed by atoms with Gasteiger partial charge in [0.05, 0.1) is 25.8 Å². The van der Waals surface area contributed by atoms with Gasteiger partial charge in [0.25, 0.3) is 11.7 Å². The van der Waals surface area contributed by atoms with Crippen molar-refractivity contribution in [3.05, 3.63) is 59.2 Å². The van der Waals surface area contributed by atoms with Gasteiger partial charge in [-0.05, 0) is 42.7 Å². The highest BCUT2D eigenvalue weighted by Gasteiger charge is 2.49. The molecular weight excluding hydrogens is 398 g/mol. The maximum Gasteiger partial charge on any atom is 0.295 e. The van der Waals surface area contributed by atoms with E-state index in [1.54, 1.807) is 35.2 Å². The monoisotopic (exact) mass is 423 g/mol. The van der Waals surface area contributed by atoms with Crippen LogP contribution in [0.15, 0.2) is 48.0 Å². The summed E-state index contributed by atoms with van der Waals surface area (Å²) in [7, 11) is 2.91. The number of Topliss-reactive ketones (excluding diaryl/α,β-unsaturated/α-hetero) is 1. The first-order chi connectivity index (χ1) is 15.0. The first kappa shape index (κ1) is 20.8. The Morgan fingerprint density at radius 3 is 2.19 bits per heavy atom. The maximum atomic E-state index is 13.2. The highest BCUT2D eigenvalue weighted by Crippen LogP contribution is 2.46. The standard InChI is InChI=1S/C24H25NO6/c1-30-17-11-6-12-18(31-2)19(17)22(27)20-21(14-7-5-10-16(26)13-14)25(24(29)23(20)28)15-8-3-4-9-15/h5-7,10-13,15,21,26-27H,3-4,8-9H2,1-2H3/b22-20+. The molecule has 1 saturated carbocycles. The van der Waals surface area contributed by atoms with Gasteiger partial charge in [0, 0.05) is 6.04 Å². The Kier molecular flexibility index (Phi) is 5.59. The van der Waals surface area contributed by atoms with E-state index in [1.165, 1.54) is 26.4 Å². The van der Waals surface area contributed by atoms with Crippen molar-refractivity contribution >= 4 is 17.4 Å². The molecule has 1 atom stereocenters. The summed E-state index contributed by atoms with van der Waals surface area (Å²) in [6.07, 6.45) is 3.53. The zero-order chi connectivity index (χ0) is 22.1. The highest BCUT2D eigenvalue weighted by molar-refractivity contribution is 6.46. The van der Waals surface area contributed by atoms with Crippen LogP contribution in [0.5, 0.6) is 17.2 Å². The van der Waals surface area contributed by atoms with Crippen LogP contribution >= 0.6 is 0 Å². The molecule has 1 unspecified atom stereocenters. The number of aliphatic hydroxyl groups is 1. The summed E-state index contributed by atoms with van der Waals surface area (Å²) < 4.78 is 10.8. The fourth-order valence-electron chi connectivity index (χ4n) is 4.65. The van der Waals surface area contributed by atoms with Crippen molar-refractivity contribution in [3.8, 4) is 17.2 Å². The number of hydrogen-bond acceptors (Lipinski definition) is 6. The molecule has 2 aromatic carbocycles. The molecule has 31 heavy (non-hydrogen) atoms. The molecule has 2 aliphatic rings. The number of aliphatic hydroxyl groups excluding tert-OH is 1. The second kappa shape index (κ2) is 8.34. The lowest BCUT2D eigenvalue weighted by Crippen LogP contribution is -2.37. The minimum absolute atomic E-state index is 0.0179. The van der Waals surface area contributed by atoms with Gasteiger partial charge in [-0.15, -0.1) is 0 Å². The van der Waals surface area contributed by atoms with Gasteiger partial charge < -0.3 is 24.6 Å². The number of hydrogen-bond donors (Lipinski definition) is 2. The lowest BCUT2D eigenvalue weighted by atomic mass is 9.94. The van der Waals surface area contributed by atoms with Crippen molar-refractivity contribution in [1.29, 1.82) is 0 Å². The van der Waals surface area contributed by atoms with Crippen LogP contribution < -0.4 is 9.47 Å². The molecule has 1 aliphatic heterocycles. The van der Waals surface area contributed by atoms with E-state index in [4.69, 9.17) is 9.47 Å². The van der Waals surface area contributed by atoms with Gasteiger partial charge in [0.15, 0.2) is 0 Å². The van der Waals surface area contributed by atoms with Crippen LogP contribution in [-0.4, -0.2) is 47.1 Å². The van der Waals surface area contributed by atoms with Crippen LogP contribution in [0.25, 0.3) is 5.76 Å². The quantitative estimate of drug-likeness (QED) is 0.432. The van der Waals surface area contributed by atoms with Gasteiger partial charge in [-0.3, -0.25) is 9.59 Å². The molecule has 1 amide bonds. The third-order valence-corrected chi connectivity index (χ3v) is 6.05. The topological polar surface area (TPSA) is 96.3 Å². The van der Waals surface area contributed by atoms with Gasteiger partial charge in [-0.25, -0.2) is 0 Å². The molecule has 7 heteroatoms. The Hall–Kier alpha value is -3.48. The zero-order valence-corrected chi connectivity index (χ0v) is 17.5. The number of ketones is 1. The van der Waals surface area contributed by atoms with Gasteiger partial charge in [-0.2, -0.15) is 0 Å². The van der Waals surface area contributed by atoms with E-state index in [-0.39, 0.29) is 28.7 Å². The summed E-state index contributed by atoms with van der Waals surface area (Å²) in [5.41, 5.74) is 0.730. The minimum Gasteiger partial charge on any atom is -0.508 e. The third-order valence-electron chi connectivity index (χ3n) is 6.05. The second-order valence-corrected chi connectivity index (χ2v) is 7.78. The number of carbonyl (C=O) groups excluding carboxylic acids is 2. The van der Waals surface area contributed by atoms with E-state index in [1.807, 2.05) is 0 Å². The Morgan fingerprint density at radius 2 is 1.61 bits per heavy atom. The highest BCUT2D eigenvalue weighted by atomic mass is 16.5. The maximum absolute atomic E-state index is 13.2. The van der Waals surface area contributed by atoms with Gasteiger partial charge in [0.2, 0.25) is 0 Å². The summed E-state index contributed by atoms with van der Waals surface area (Å²) in [5.74, 6) is -1.11. The molecule has 0 radical (unpaired) electrons. The fraction of sp³-hybridized carbons (Fsp3) is 0.333. The number of benzene rings is 2. The van der Waals surface area contributed by atoms with Crippen molar-refractivity contribution in [1.82, 2.24) is 4.90 Å². The molecule has 1 saturated heterocycles. The second-order valence-electron chi connectivity index (χ2n) is 7.78. The molecular formula is C24H25NO6. The van der Waals surface area contributed by atoms with Crippen LogP contribution in [0, 0.1) is 0 Å². The molecule has 7 nitrogen and oxygen atoms in total. The number of likely N-dealkylation sites (tertiary alicyclic amines) is 1. The number of phenolic OH excluding ortho intramolecular Hbond substituents is 1. The molecule has 4 rings (SSSR count). The predicted molar refractivity (Wildman–Crippen MR) is 114 cm³/mol. The number of amides is 1. The Morgan fingerprint density at radius 1 is 1.00 bits per heavy atom. The van der Waals surface area contributed by atoms with Gasteiger partial charge in [0.1, 0.15) is 28.6 Å². The van der Waals surface area contributed by atoms with Crippen molar-refractivity contribution in [2.24, 2.45) is 0 Å². The Balaban J connectivity index is 1.96. The number of nitrogens with zero attached hydrogens (tertiary/aromatic N) is 1. The van der Waals surface area contributed by atoms with E-state index in [9.17, 15) is 19.8 Å². The van der Waals surface area contributed by atoms with E-state index < -0.39 is 17.7 Å². The van der Waals surface area contributed by atoms with Crippen LogP contribution in [0.3, 0.4) is 0 Å². The zero-order valence-electron chi connectivity index (χ0n) is 17.5. The SMILES string of the molecule is COc1cccc(OC)c1/C(O)=C1\C(=O)C(=O)N(C2CCCC2)C1c1cccc(O)c1. The molecule has 2 fully saturated rings. The average Bonchev–Trinajstić information content (AvgIpc) is 3.39. The van der Waals surface area contributed by atoms with Crippen LogP contribution in [-0.2, 0) is 9.59 Å². The smallest absolute Gasteiger partial charge is 0.295 e. The van der Waals surface area contributed by atoms with Crippen LogP contribution in [0.2, 0.25) is 0 Å². The molecule has 1 aliphatic carbocycles. The van der Waals surface area contributed by atoms with E-state index >= 15 is 0 Å². The summed E-state index contributed by atoms with van der Waals surface area (Å²) in [5, 5.41) is 21.4. The first-order valence-electron chi connectivity index (χ1n) is 10.3. The van der Waals surface area contributed by atoms with Crippen LogP contribution in [0.4, 0.5) is 0 Å². The lowest BCUT2D eigenvalue weighted by molar-refractivity contribution is -0.141. The number of ether oxygens (including phenoxy) is 2. The number of rotatable bonds is 5. The van der Waals surface area contributed by atoms with E-state index in [0.717, 1.165) is 25.7 Å². The minimum atomic E-state index is -0.815. The molecule has 1 heterocycles. The van der Waals surface area contributed by atoms with Crippen molar-refractivity contribution in [2.45, 2.75) is 37.8 Å². The third kappa shape index (κ3) is 3.50. The van der Waals surface area contributed by atoms with Gasteiger partial charge >= 0.3 is 0 Å². The summed E-state index contributed by atoms with van der Waals surface area (Å²) in [6, 6.07) is 10.5. The number of aromatic hydroxyl groups is 1. The lowest BCUT2D eigenvalue weighted by Gasteiger charge is -2.31. The van der Waals surface area contributed by atoms with E-state index in [2.05, 4.69) is 0 Å². The molecule has 2 aromatic rings. The Bertz CT molecular complexity index is 1030. The van der Waals surface area contributed by atoms with Crippen molar-refractivity contribution < 1.29 is 29.3 Å². The molecule has 0 spiro atoms.